The van der Waals surface area contributed by atoms with Crippen LogP contribution in [0.3, 0.4) is 0 Å². The van der Waals surface area contributed by atoms with Gasteiger partial charge in [-0.05, 0) is 55.0 Å². The first-order valence-corrected chi connectivity index (χ1v) is 11.5. The second-order valence-corrected chi connectivity index (χ2v) is 8.76. The van der Waals surface area contributed by atoms with Crippen LogP contribution in [0.4, 0.5) is 11.5 Å². The zero-order chi connectivity index (χ0) is 23.7. The van der Waals surface area contributed by atoms with E-state index >= 15 is 0 Å². The lowest BCUT2D eigenvalue weighted by Gasteiger charge is -2.20. The van der Waals surface area contributed by atoms with Crippen LogP contribution in [0.15, 0.2) is 77.6 Å². The van der Waals surface area contributed by atoms with Gasteiger partial charge in [0.1, 0.15) is 5.82 Å². The van der Waals surface area contributed by atoms with Gasteiger partial charge in [0.25, 0.3) is 11.5 Å². The molecule has 1 fully saturated rings. The summed E-state index contributed by atoms with van der Waals surface area (Å²) in [5, 5.41) is 4.18. The maximum Gasteiger partial charge on any atom is 0.260 e. The molecule has 1 aliphatic rings. The summed E-state index contributed by atoms with van der Waals surface area (Å²) in [6.07, 6.45) is 1.84. The van der Waals surface area contributed by atoms with Crippen LogP contribution in [0.1, 0.15) is 28.8 Å². The van der Waals surface area contributed by atoms with E-state index < -0.39 is 0 Å². The number of aryl methyl sites for hydroxylation is 1. The van der Waals surface area contributed by atoms with E-state index in [0.29, 0.717) is 35.6 Å². The number of pyridine rings is 1. The van der Waals surface area contributed by atoms with Gasteiger partial charge in [-0.2, -0.15) is 0 Å². The number of benzene rings is 3. The molecule has 5 rings (SSSR count). The Morgan fingerprint density at radius 2 is 1.88 bits per heavy atom. The highest BCUT2D eigenvalue weighted by Crippen LogP contribution is 2.34. The largest absolute Gasteiger partial charge is 0.384 e. The van der Waals surface area contributed by atoms with Crippen molar-refractivity contribution in [3.8, 4) is 11.1 Å². The predicted molar refractivity (Wildman–Crippen MR) is 136 cm³/mol. The van der Waals surface area contributed by atoms with Gasteiger partial charge in [0.2, 0.25) is 0 Å². The minimum absolute atomic E-state index is 0.0382. The Morgan fingerprint density at radius 3 is 2.62 bits per heavy atom. The predicted octanol–water partition coefficient (Wildman–Crippen LogP) is 4.99. The van der Waals surface area contributed by atoms with E-state index in [2.05, 4.69) is 11.4 Å². The molecular formula is C28H27N3O3. The molecule has 34 heavy (non-hydrogen) atoms. The van der Waals surface area contributed by atoms with Gasteiger partial charge in [-0.25, -0.2) is 0 Å². The minimum atomic E-state index is -0.228. The fraction of sp³-hybridized carbons (Fsp3) is 0.214. The van der Waals surface area contributed by atoms with Gasteiger partial charge in [-0.15, -0.1) is 0 Å². The van der Waals surface area contributed by atoms with E-state index in [9.17, 15) is 9.59 Å². The molecule has 0 saturated carbocycles. The average molecular weight is 454 g/mol. The van der Waals surface area contributed by atoms with Gasteiger partial charge in [0, 0.05) is 28.8 Å². The molecule has 1 amide bonds. The molecule has 1 unspecified atom stereocenters. The number of nitrogens with two attached hydrogens (primary N) is 1. The number of ether oxygens (including phenoxy) is 1. The molecule has 0 aliphatic carbocycles. The van der Waals surface area contributed by atoms with Crippen LogP contribution in [-0.4, -0.2) is 23.2 Å². The quantitative estimate of drug-likeness (QED) is 0.446. The molecule has 3 N–H and O–H groups in total. The maximum atomic E-state index is 13.6. The average Bonchev–Trinajstić information content (AvgIpc) is 3.36. The molecule has 1 atom stereocenters. The second-order valence-electron chi connectivity index (χ2n) is 8.76. The molecule has 0 bridgehead atoms. The van der Waals surface area contributed by atoms with Gasteiger partial charge >= 0.3 is 0 Å². The van der Waals surface area contributed by atoms with Crippen molar-refractivity contribution in [3.05, 3.63) is 94.3 Å². The first-order valence-electron chi connectivity index (χ1n) is 11.5. The Hall–Kier alpha value is -3.90. The number of anilines is 2. The van der Waals surface area contributed by atoms with Crippen LogP contribution in [0.25, 0.3) is 21.9 Å². The van der Waals surface area contributed by atoms with E-state index in [-0.39, 0.29) is 17.6 Å². The molecule has 172 valence electrons. The first kappa shape index (κ1) is 21.9. The minimum Gasteiger partial charge on any atom is -0.384 e. The zero-order valence-corrected chi connectivity index (χ0v) is 19.1. The topological polar surface area (TPSA) is 86.3 Å². The van der Waals surface area contributed by atoms with Gasteiger partial charge in [0.15, 0.2) is 0 Å². The molecule has 0 radical (unpaired) electrons. The number of fused-ring (bicyclic) bond motifs is 1. The van der Waals surface area contributed by atoms with Gasteiger partial charge in [0.05, 0.1) is 12.6 Å². The molecule has 4 aromatic rings. The summed E-state index contributed by atoms with van der Waals surface area (Å²) < 4.78 is 7.42. The SMILES string of the molecule is Cc1cccc(-c2c(N)n(CC3CCCO3)c(=O)c3cc(NC(=O)c4ccccc4)ccc23)c1. The Kier molecular flexibility index (Phi) is 5.90. The Labute approximate surface area is 198 Å². The highest BCUT2D eigenvalue weighted by atomic mass is 16.5. The van der Waals surface area contributed by atoms with E-state index in [4.69, 9.17) is 10.5 Å². The Balaban J connectivity index is 1.65. The van der Waals surface area contributed by atoms with Crippen molar-refractivity contribution in [3.63, 3.8) is 0 Å². The number of carbonyl (C=O) groups is 1. The lowest BCUT2D eigenvalue weighted by atomic mass is 9.97. The molecule has 6 heteroatoms. The lowest BCUT2D eigenvalue weighted by Crippen LogP contribution is -2.29. The number of amides is 1. The van der Waals surface area contributed by atoms with E-state index in [1.165, 1.54) is 0 Å². The number of hydrogen-bond donors (Lipinski definition) is 2. The standard InChI is InChI=1S/C28H27N3O3/c1-18-7-5-10-20(15-18)25-23-13-12-21(30-27(32)19-8-3-2-4-9-19)16-24(23)28(33)31(26(25)29)17-22-11-6-14-34-22/h2-5,7-10,12-13,15-16,22H,6,11,14,17,29H2,1H3,(H,30,32). The van der Waals surface area contributed by atoms with Crippen LogP contribution in [0, 0.1) is 6.92 Å². The highest BCUT2D eigenvalue weighted by molar-refractivity contribution is 6.07. The van der Waals surface area contributed by atoms with Crippen molar-refractivity contribution in [2.75, 3.05) is 17.7 Å². The normalized spacial score (nSPS) is 15.5. The van der Waals surface area contributed by atoms with Crippen molar-refractivity contribution >= 4 is 28.2 Å². The van der Waals surface area contributed by atoms with Gasteiger partial charge in [-0.3, -0.25) is 14.2 Å². The first-order chi connectivity index (χ1) is 16.5. The number of hydrogen-bond acceptors (Lipinski definition) is 4. The van der Waals surface area contributed by atoms with Crippen molar-refractivity contribution in [2.45, 2.75) is 32.4 Å². The van der Waals surface area contributed by atoms with E-state index in [0.717, 1.165) is 34.9 Å². The number of aromatic nitrogens is 1. The summed E-state index contributed by atoms with van der Waals surface area (Å²) in [6.45, 7) is 3.13. The molecule has 3 aromatic carbocycles. The summed E-state index contributed by atoms with van der Waals surface area (Å²) in [5.74, 6) is 0.202. The second kappa shape index (κ2) is 9.15. The summed E-state index contributed by atoms with van der Waals surface area (Å²) in [6, 6.07) is 22.5. The third-order valence-corrected chi connectivity index (χ3v) is 6.32. The van der Waals surface area contributed by atoms with Crippen LogP contribution < -0.4 is 16.6 Å². The summed E-state index contributed by atoms with van der Waals surface area (Å²) in [7, 11) is 0. The van der Waals surface area contributed by atoms with Crippen molar-refractivity contribution < 1.29 is 9.53 Å². The van der Waals surface area contributed by atoms with Gasteiger partial charge < -0.3 is 15.8 Å². The van der Waals surface area contributed by atoms with Gasteiger partial charge in [-0.1, -0.05) is 54.1 Å². The van der Waals surface area contributed by atoms with E-state index in [1.54, 1.807) is 22.8 Å². The van der Waals surface area contributed by atoms with Crippen LogP contribution in [0.2, 0.25) is 0 Å². The summed E-state index contributed by atoms with van der Waals surface area (Å²) in [5.41, 5.74) is 10.4. The zero-order valence-electron chi connectivity index (χ0n) is 19.1. The molecule has 2 heterocycles. The summed E-state index contributed by atoms with van der Waals surface area (Å²) in [4.78, 5) is 26.3. The maximum absolute atomic E-state index is 13.6. The fourth-order valence-corrected chi connectivity index (χ4v) is 4.61. The fourth-order valence-electron chi connectivity index (χ4n) is 4.61. The highest BCUT2D eigenvalue weighted by Gasteiger charge is 2.22. The molecule has 0 spiro atoms. The van der Waals surface area contributed by atoms with Crippen molar-refractivity contribution in [2.24, 2.45) is 0 Å². The molecule has 6 nitrogen and oxygen atoms in total. The number of rotatable bonds is 5. The Bertz CT molecular complexity index is 1420. The summed E-state index contributed by atoms with van der Waals surface area (Å²) >= 11 is 0. The molecule has 1 aliphatic heterocycles. The van der Waals surface area contributed by atoms with Crippen LogP contribution >= 0.6 is 0 Å². The van der Waals surface area contributed by atoms with Crippen molar-refractivity contribution in [1.29, 1.82) is 0 Å². The molecular weight excluding hydrogens is 426 g/mol. The van der Waals surface area contributed by atoms with E-state index in [1.807, 2.05) is 55.5 Å². The Morgan fingerprint density at radius 1 is 1.06 bits per heavy atom. The third kappa shape index (κ3) is 4.20. The number of nitrogens with one attached hydrogen (secondary N) is 1. The number of nitrogen functional groups attached to an aromatic ring is 1. The number of nitrogens with zero attached hydrogens (tertiary/aromatic N) is 1. The lowest BCUT2D eigenvalue weighted by molar-refractivity contribution is 0.0968. The van der Waals surface area contributed by atoms with Crippen molar-refractivity contribution in [1.82, 2.24) is 4.57 Å². The van der Waals surface area contributed by atoms with Crippen LogP contribution in [-0.2, 0) is 11.3 Å². The van der Waals surface area contributed by atoms with Crippen LogP contribution in [0.5, 0.6) is 0 Å². The molecule has 1 aromatic heterocycles. The monoisotopic (exact) mass is 453 g/mol. The number of carbonyl (C=O) groups excluding carboxylic acids is 1. The molecule has 1 saturated heterocycles. The smallest absolute Gasteiger partial charge is 0.260 e. The third-order valence-electron chi connectivity index (χ3n) is 6.32.